The normalized spacial score (nSPS) is 17.7. The predicted molar refractivity (Wildman–Crippen MR) is 140 cm³/mol. The van der Waals surface area contributed by atoms with E-state index in [2.05, 4.69) is 50.5 Å². The van der Waals surface area contributed by atoms with Gasteiger partial charge in [-0.1, -0.05) is 13.0 Å². The fourth-order valence-corrected chi connectivity index (χ4v) is 4.35. The molecule has 0 bridgehead atoms. The van der Waals surface area contributed by atoms with Crippen LogP contribution >= 0.6 is 0 Å². The molecule has 3 heterocycles. The van der Waals surface area contributed by atoms with Crippen molar-refractivity contribution in [3.8, 4) is 0 Å². The lowest BCUT2D eigenvalue weighted by atomic mass is 10.0. The number of rotatable bonds is 5. The van der Waals surface area contributed by atoms with Crippen LogP contribution in [0, 0.1) is 19.7 Å². The van der Waals surface area contributed by atoms with Crippen LogP contribution in [0.2, 0.25) is 0 Å². The average molecular weight is 470 g/mol. The van der Waals surface area contributed by atoms with E-state index in [0.717, 1.165) is 69.9 Å². The molecule has 1 aromatic carbocycles. The molecule has 0 saturated carbocycles. The number of nitrogens with one attached hydrogen (secondary N) is 1. The first-order chi connectivity index (χ1) is 16.3. The molecule has 2 fully saturated rings. The first-order valence-electron chi connectivity index (χ1n) is 12.3. The number of nitrogen functional groups attached to an aromatic ring is 1. The Kier molecular flexibility index (Phi) is 9.24. The average Bonchev–Trinajstić information content (AvgIpc) is 2.83. The predicted octanol–water partition coefficient (Wildman–Crippen LogP) is 4.36. The van der Waals surface area contributed by atoms with Crippen LogP contribution in [0.1, 0.15) is 37.6 Å². The Morgan fingerprint density at radius 1 is 1.09 bits per heavy atom. The van der Waals surface area contributed by atoms with Crippen LogP contribution in [0.5, 0.6) is 0 Å². The number of halogens is 1. The summed E-state index contributed by atoms with van der Waals surface area (Å²) in [5, 5.41) is 3.10. The van der Waals surface area contributed by atoms with E-state index in [-0.39, 0.29) is 5.82 Å². The minimum atomic E-state index is -0.228. The van der Waals surface area contributed by atoms with Crippen LogP contribution < -0.4 is 16.0 Å². The fraction of sp³-hybridized carbons (Fsp3) is 0.538. The molecule has 0 aliphatic carbocycles. The van der Waals surface area contributed by atoms with Crippen molar-refractivity contribution in [2.45, 2.75) is 46.1 Å². The van der Waals surface area contributed by atoms with Crippen LogP contribution in [0.15, 0.2) is 30.9 Å². The van der Waals surface area contributed by atoms with Gasteiger partial charge >= 0.3 is 0 Å². The zero-order valence-electron chi connectivity index (χ0n) is 21.1. The van der Waals surface area contributed by atoms with E-state index in [1.54, 1.807) is 0 Å². The molecule has 7 nitrogen and oxygen atoms in total. The lowest BCUT2D eigenvalue weighted by Gasteiger charge is -2.42. The molecule has 0 unspecified atom stereocenters. The number of nitrogens with two attached hydrogens (primary N) is 1. The highest BCUT2D eigenvalue weighted by atomic mass is 19.1. The molecule has 0 radical (unpaired) electrons. The summed E-state index contributed by atoms with van der Waals surface area (Å²) >= 11 is 0. The number of benzene rings is 1. The quantitative estimate of drug-likeness (QED) is 0.631. The van der Waals surface area contributed by atoms with Gasteiger partial charge in [-0.05, 0) is 58.4 Å². The van der Waals surface area contributed by atoms with Gasteiger partial charge in [-0.25, -0.2) is 14.4 Å². The summed E-state index contributed by atoms with van der Waals surface area (Å²) < 4.78 is 14.9. The highest BCUT2D eigenvalue weighted by molar-refractivity contribution is 5.68. The maximum atomic E-state index is 14.9. The maximum Gasteiger partial charge on any atom is 0.173 e. The van der Waals surface area contributed by atoms with Crippen LogP contribution in [-0.2, 0) is 0 Å². The van der Waals surface area contributed by atoms with Gasteiger partial charge in [-0.15, -0.1) is 6.58 Å². The molecule has 2 saturated heterocycles. The molecule has 2 aromatic rings. The Hall–Kier alpha value is -2.71. The number of allylic oxidation sites excluding steroid dienone is 1. The van der Waals surface area contributed by atoms with Crippen LogP contribution in [0.3, 0.4) is 0 Å². The molecule has 0 amide bonds. The SMILES string of the molecule is C=CCC.Cc1nc(N)c(Nc2ccc(N3CCC(N4CCN(C)CC4)CC3)c(F)c2)nc1C. The van der Waals surface area contributed by atoms with Crippen LogP contribution in [0.4, 0.5) is 27.4 Å². The Morgan fingerprint density at radius 2 is 1.71 bits per heavy atom. The summed E-state index contributed by atoms with van der Waals surface area (Å²) in [7, 11) is 2.18. The van der Waals surface area contributed by atoms with E-state index < -0.39 is 0 Å². The number of aryl methyl sites for hydroxylation is 2. The van der Waals surface area contributed by atoms with Crippen molar-refractivity contribution in [3.05, 3.63) is 48.1 Å². The molecule has 186 valence electrons. The summed E-state index contributed by atoms with van der Waals surface area (Å²) in [5.41, 5.74) is 8.83. The van der Waals surface area contributed by atoms with E-state index in [1.807, 2.05) is 32.1 Å². The summed E-state index contributed by atoms with van der Waals surface area (Å²) in [6, 6.07) is 5.85. The number of aromatic nitrogens is 2. The van der Waals surface area contributed by atoms with Crippen molar-refractivity contribution >= 4 is 23.0 Å². The Morgan fingerprint density at radius 3 is 2.29 bits per heavy atom. The highest BCUT2D eigenvalue weighted by Crippen LogP contribution is 2.29. The zero-order chi connectivity index (χ0) is 24.7. The Bertz CT molecular complexity index is 948. The molecule has 2 aliphatic heterocycles. The number of anilines is 4. The number of hydrogen-bond acceptors (Lipinski definition) is 7. The van der Waals surface area contributed by atoms with Gasteiger partial charge in [0.25, 0.3) is 0 Å². The van der Waals surface area contributed by atoms with Crippen LogP contribution in [0.25, 0.3) is 0 Å². The van der Waals surface area contributed by atoms with Gasteiger partial charge < -0.3 is 20.9 Å². The van der Waals surface area contributed by atoms with Crippen molar-refractivity contribution in [3.63, 3.8) is 0 Å². The standard InChI is InChI=1S/C22H32FN7.C4H8/c1-15-16(2)26-22(21(24)25-15)27-17-4-5-20(19(23)14-17)30-8-6-18(7-9-30)29-12-10-28(3)11-13-29;1-3-4-2/h4-5,14,18H,6-13H2,1-3H3,(H2,24,25)(H,26,27);3H,1,4H2,2H3. The molecular weight excluding hydrogens is 429 g/mol. The van der Waals surface area contributed by atoms with E-state index in [4.69, 9.17) is 5.73 Å². The minimum absolute atomic E-state index is 0.228. The van der Waals surface area contributed by atoms with E-state index >= 15 is 0 Å². The number of piperidine rings is 1. The van der Waals surface area contributed by atoms with E-state index in [9.17, 15) is 4.39 Å². The lowest BCUT2D eigenvalue weighted by molar-refractivity contribution is 0.0981. The van der Waals surface area contributed by atoms with Gasteiger partial charge in [0.1, 0.15) is 5.82 Å². The van der Waals surface area contributed by atoms with Gasteiger partial charge in [0.2, 0.25) is 0 Å². The summed E-state index contributed by atoms with van der Waals surface area (Å²) in [6.45, 7) is 15.6. The maximum absolute atomic E-state index is 14.9. The first-order valence-corrected chi connectivity index (χ1v) is 12.3. The van der Waals surface area contributed by atoms with Crippen LogP contribution in [-0.4, -0.2) is 72.1 Å². The smallest absolute Gasteiger partial charge is 0.173 e. The third-order valence-corrected chi connectivity index (χ3v) is 6.69. The molecule has 8 heteroatoms. The second-order valence-corrected chi connectivity index (χ2v) is 9.17. The molecule has 34 heavy (non-hydrogen) atoms. The highest BCUT2D eigenvalue weighted by Gasteiger charge is 2.27. The molecule has 0 atom stereocenters. The van der Waals surface area contributed by atoms with Gasteiger partial charge in [-0.2, -0.15) is 0 Å². The molecule has 4 rings (SSSR count). The van der Waals surface area contributed by atoms with Crippen molar-refractivity contribution < 1.29 is 4.39 Å². The molecular formula is C26H40FN7. The largest absolute Gasteiger partial charge is 0.381 e. The van der Waals surface area contributed by atoms with Gasteiger partial charge in [-0.3, -0.25) is 4.90 Å². The second kappa shape index (κ2) is 12.1. The Labute approximate surface area is 203 Å². The molecule has 3 N–H and O–H groups in total. The minimum Gasteiger partial charge on any atom is -0.381 e. The number of hydrogen-bond donors (Lipinski definition) is 2. The van der Waals surface area contributed by atoms with Gasteiger partial charge in [0, 0.05) is 51.0 Å². The van der Waals surface area contributed by atoms with E-state index in [0.29, 0.717) is 29.1 Å². The monoisotopic (exact) mass is 469 g/mol. The fourth-order valence-electron chi connectivity index (χ4n) is 4.35. The van der Waals surface area contributed by atoms with Crippen molar-refractivity contribution in [2.24, 2.45) is 0 Å². The number of likely N-dealkylation sites (N-methyl/N-ethyl adjacent to an activating group) is 1. The summed E-state index contributed by atoms with van der Waals surface area (Å²) in [5.74, 6) is 0.542. The van der Waals surface area contributed by atoms with Crippen molar-refractivity contribution in [1.82, 2.24) is 19.8 Å². The number of piperazine rings is 1. The third kappa shape index (κ3) is 6.67. The van der Waals surface area contributed by atoms with Gasteiger partial charge in [0.05, 0.1) is 17.1 Å². The first kappa shape index (κ1) is 25.9. The second-order valence-electron chi connectivity index (χ2n) is 9.17. The van der Waals surface area contributed by atoms with E-state index in [1.165, 1.54) is 6.07 Å². The molecule has 0 spiro atoms. The molecule has 1 aromatic heterocycles. The summed E-state index contributed by atoms with van der Waals surface area (Å²) in [6.07, 6.45) is 5.12. The van der Waals surface area contributed by atoms with Crippen molar-refractivity contribution in [1.29, 1.82) is 0 Å². The lowest BCUT2D eigenvalue weighted by Crippen LogP contribution is -2.52. The van der Waals surface area contributed by atoms with Gasteiger partial charge in [0.15, 0.2) is 11.6 Å². The zero-order valence-corrected chi connectivity index (χ0v) is 21.1. The van der Waals surface area contributed by atoms with Crippen molar-refractivity contribution in [2.75, 3.05) is 62.3 Å². The third-order valence-electron chi connectivity index (χ3n) is 6.69. The molecule has 2 aliphatic rings. The summed E-state index contributed by atoms with van der Waals surface area (Å²) in [4.78, 5) is 15.9. The Balaban J connectivity index is 0.000000751. The topological polar surface area (TPSA) is 73.6 Å². The number of nitrogens with zero attached hydrogens (tertiary/aromatic N) is 5.